The van der Waals surface area contributed by atoms with Crippen LogP contribution in [0.25, 0.3) is 21.8 Å². The van der Waals surface area contributed by atoms with Gasteiger partial charge in [0.25, 0.3) is 0 Å². The summed E-state index contributed by atoms with van der Waals surface area (Å²) >= 11 is 0. The average Bonchev–Trinajstić information content (AvgIpc) is 3.55. The second kappa shape index (κ2) is 13.3. The summed E-state index contributed by atoms with van der Waals surface area (Å²) in [6.07, 6.45) is 0. The van der Waals surface area contributed by atoms with E-state index >= 15 is 0 Å². The van der Waals surface area contributed by atoms with Gasteiger partial charge in [0.1, 0.15) is 36.0 Å². The first-order chi connectivity index (χ1) is 20.9. The van der Waals surface area contributed by atoms with Gasteiger partial charge in [-0.15, -0.1) is 0 Å². The number of fused-ring (bicyclic) bond motifs is 2. The molecule has 44 heavy (non-hydrogen) atoms. The Hall–Kier alpha value is -4.74. The molecule has 0 saturated carbocycles. The Bertz CT molecular complexity index is 1590. The third-order valence-corrected chi connectivity index (χ3v) is 7.63. The average molecular weight is 605 g/mol. The maximum Gasteiger partial charge on any atom is 0.244 e. The van der Waals surface area contributed by atoms with Crippen LogP contribution < -0.4 is 9.47 Å². The summed E-state index contributed by atoms with van der Waals surface area (Å²) in [7, 11) is 6.41. The topological polar surface area (TPSA) is 129 Å². The number of likely N-dealkylation sites (N-methyl/N-ethyl adjacent to an activating group) is 2. The van der Waals surface area contributed by atoms with Crippen molar-refractivity contribution in [3.05, 3.63) is 47.8 Å². The van der Waals surface area contributed by atoms with E-state index in [-0.39, 0.29) is 61.4 Å². The van der Waals surface area contributed by atoms with E-state index in [0.29, 0.717) is 44.7 Å². The molecule has 0 saturated heterocycles. The molecule has 0 aliphatic carbocycles. The Kier molecular flexibility index (Phi) is 9.71. The molecule has 0 aliphatic rings. The zero-order chi connectivity index (χ0) is 32.3. The van der Waals surface area contributed by atoms with Crippen molar-refractivity contribution in [3.8, 4) is 11.5 Å². The summed E-state index contributed by atoms with van der Waals surface area (Å²) in [4.78, 5) is 55.1. The minimum atomic E-state index is -0.251. The number of Topliss-reactive ketones (excluding diaryl/α,β-unsaturated/α-hetero) is 2. The van der Waals surface area contributed by atoms with Gasteiger partial charge in [0, 0.05) is 61.9 Å². The molecule has 0 aliphatic heterocycles. The molecule has 12 nitrogen and oxygen atoms in total. The van der Waals surface area contributed by atoms with Crippen LogP contribution in [0, 0.1) is 11.8 Å². The molecule has 0 atom stereocenters. The highest BCUT2D eigenvalue weighted by Crippen LogP contribution is 2.27. The third kappa shape index (κ3) is 6.58. The number of rotatable bonds is 13. The zero-order valence-electron chi connectivity index (χ0n) is 26.6. The maximum absolute atomic E-state index is 13.2. The summed E-state index contributed by atoms with van der Waals surface area (Å²) in [5, 5.41) is 10.3. The van der Waals surface area contributed by atoms with Gasteiger partial charge in [0.15, 0.2) is 11.6 Å². The van der Waals surface area contributed by atoms with Crippen LogP contribution in [0.4, 0.5) is 0 Å². The van der Waals surface area contributed by atoms with Crippen molar-refractivity contribution in [2.24, 2.45) is 11.8 Å². The first kappa shape index (κ1) is 32.2. The lowest BCUT2D eigenvalue weighted by Crippen LogP contribution is -2.39. The van der Waals surface area contributed by atoms with Crippen LogP contribution in [-0.4, -0.2) is 94.1 Å². The molecule has 4 aromatic rings. The number of nitrogens with zero attached hydrogens (tertiary/aromatic N) is 6. The van der Waals surface area contributed by atoms with Crippen molar-refractivity contribution < 1.29 is 28.7 Å². The normalized spacial score (nSPS) is 11.4. The Morgan fingerprint density at radius 1 is 0.682 bits per heavy atom. The second-order valence-corrected chi connectivity index (χ2v) is 11.4. The smallest absolute Gasteiger partial charge is 0.244 e. The van der Waals surface area contributed by atoms with Gasteiger partial charge < -0.3 is 19.3 Å². The van der Waals surface area contributed by atoms with E-state index in [9.17, 15) is 19.2 Å². The molecule has 0 N–H and O–H groups in total. The Balaban J connectivity index is 1.45. The Labute approximate surface area is 256 Å². The SMILES string of the molecule is COc1ccc2c(C(=O)C(C)C)nn(CC(=O)N(C)CCN(C)C(=O)Cn3nc(C(=O)C(C)C)c4ccc(OC)cc43)c2c1. The van der Waals surface area contributed by atoms with E-state index in [2.05, 4.69) is 10.2 Å². The molecule has 0 spiro atoms. The third-order valence-electron chi connectivity index (χ3n) is 7.63. The molecule has 2 heterocycles. The molecule has 0 radical (unpaired) electrons. The highest BCUT2D eigenvalue weighted by Gasteiger charge is 2.24. The van der Waals surface area contributed by atoms with E-state index in [1.807, 2.05) is 27.7 Å². The summed E-state index contributed by atoms with van der Waals surface area (Å²) in [6.45, 7) is 7.60. The van der Waals surface area contributed by atoms with Crippen LogP contribution in [0.15, 0.2) is 36.4 Å². The van der Waals surface area contributed by atoms with Gasteiger partial charge in [0.2, 0.25) is 11.8 Å². The number of carbonyl (C=O) groups is 4. The fourth-order valence-corrected chi connectivity index (χ4v) is 4.76. The van der Waals surface area contributed by atoms with E-state index in [1.54, 1.807) is 64.7 Å². The van der Waals surface area contributed by atoms with Gasteiger partial charge >= 0.3 is 0 Å². The number of aromatic nitrogens is 4. The van der Waals surface area contributed by atoms with E-state index in [1.165, 1.54) is 19.2 Å². The molecule has 12 heteroatoms. The van der Waals surface area contributed by atoms with E-state index in [4.69, 9.17) is 9.47 Å². The fourth-order valence-electron chi connectivity index (χ4n) is 4.76. The number of benzene rings is 2. The van der Waals surface area contributed by atoms with Crippen LogP contribution in [0.2, 0.25) is 0 Å². The van der Waals surface area contributed by atoms with Crippen LogP contribution >= 0.6 is 0 Å². The second-order valence-electron chi connectivity index (χ2n) is 11.4. The first-order valence-corrected chi connectivity index (χ1v) is 14.5. The first-order valence-electron chi connectivity index (χ1n) is 14.5. The van der Waals surface area contributed by atoms with Crippen LogP contribution in [0.5, 0.6) is 11.5 Å². The van der Waals surface area contributed by atoms with Crippen LogP contribution in [-0.2, 0) is 22.7 Å². The number of ether oxygens (including phenoxy) is 2. The molecular formula is C32H40N6O6. The zero-order valence-corrected chi connectivity index (χ0v) is 26.6. The number of ketones is 2. The predicted octanol–water partition coefficient (Wildman–Crippen LogP) is 3.70. The lowest BCUT2D eigenvalue weighted by atomic mass is 10.0. The predicted molar refractivity (Wildman–Crippen MR) is 166 cm³/mol. The molecule has 234 valence electrons. The van der Waals surface area contributed by atoms with Gasteiger partial charge in [-0.3, -0.25) is 28.5 Å². The van der Waals surface area contributed by atoms with Gasteiger partial charge in [0.05, 0.1) is 25.3 Å². The number of methoxy groups -OCH3 is 2. The quantitative estimate of drug-likeness (QED) is 0.211. The van der Waals surface area contributed by atoms with Crippen LogP contribution in [0.3, 0.4) is 0 Å². The Morgan fingerprint density at radius 3 is 1.36 bits per heavy atom. The summed E-state index contributed by atoms with van der Waals surface area (Å²) in [5.41, 5.74) is 1.89. The van der Waals surface area contributed by atoms with Crippen molar-refractivity contribution in [2.75, 3.05) is 41.4 Å². The molecule has 0 unspecified atom stereocenters. The van der Waals surface area contributed by atoms with Crippen LogP contribution in [0.1, 0.15) is 48.7 Å². The van der Waals surface area contributed by atoms with Gasteiger partial charge in [-0.25, -0.2) is 0 Å². The van der Waals surface area contributed by atoms with Crippen molar-refractivity contribution in [1.29, 1.82) is 0 Å². The minimum absolute atomic E-state index is 0.0863. The van der Waals surface area contributed by atoms with Gasteiger partial charge in [-0.05, 0) is 24.3 Å². The summed E-state index contributed by atoms with van der Waals surface area (Å²) < 4.78 is 13.7. The number of hydrogen-bond donors (Lipinski definition) is 0. The van der Waals surface area contributed by atoms with Gasteiger partial charge in [-0.1, -0.05) is 27.7 Å². The highest BCUT2D eigenvalue weighted by molar-refractivity contribution is 6.08. The number of amides is 2. The van der Waals surface area contributed by atoms with Crippen molar-refractivity contribution >= 4 is 45.2 Å². The molecule has 0 bridgehead atoms. The largest absolute Gasteiger partial charge is 0.497 e. The fraction of sp³-hybridized carbons (Fsp3) is 0.438. The van der Waals surface area contributed by atoms with Crippen molar-refractivity contribution in [2.45, 2.75) is 40.8 Å². The van der Waals surface area contributed by atoms with E-state index < -0.39 is 0 Å². The Morgan fingerprint density at radius 2 is 1.05 bits per heavy atom. The minimum Gasteiger partial charge on any atom is -0.497 e. The monoisotopic (exact) mass is 604 g/mol. The lowest BCUT2D eigenvalue weighted by molar-refractivity contribution is -0.134. The van der Waals surface area contributed by atoms with Gasteiger partial charge in [-0.2, -0.15) is 10.2 Å². The maximum atomic E-state index is 13.2. The van der Waals surface area contributed by atoms with E-state index in [0.717, 1.165) is 0 Å². The number of carbonyl (C=O) groups excluding carboxylic acids is 4. The van der Waals surface area contributed by atoms with Crippen molar-refractivity contribution in [1.82, 2.24) is 29.4 Å². The highest BCUT2D eigenvalue weighted by atomic mass is 16.5. The van der Waals surface area contributed by atoms with Crippen molar-refractivity contribution in [3.63, 3.8) is 0 Å². The number of hydrogen-bond acceptors (Lipinski definition) is 8. The molecule has 2 aromatic heterocycles. The molecular weight excluding hydrogens is 564 g/mol. The lowest BCUT2D eigenvalue weighted by Gasteiger charge is -2.22. The molecule has 4 rings (SSSR count). The molecule has 2 aromatic carbocycles. The summed E-state index contributed by atoms with van der Waals surface area (Å²) in [5.74, 6) is -0.00194. The summed E-state index contributed by atoms with van der Waals surface area (Å²) in [6, 6.07) is 10.6. The molecule has 0 fully saturated rings. The molecule has 2 amide bonds. The standard InChI is InChI=1S/C32H40N6O6/c1-19(2)31(41)29-23-11-9-21(43-7)15-25(23)37(33-29)17-27(39)35(5)13-14-36(6)28(40)18-38-26-16-22(44-8)10-12-24(26)30(34-38)32(42)20(3)4/h9-12,15-16,19-20H,13-14,17-18H2,1-8H3.